The van der Waals surface area contributed by atoms with Gasteiger partial charge in [-0.25, -0.2) is 0 Å². The van der Waals surface area contributed by atoms with E-state index < -0.39 is 5.54 Å². The van der Waals surface area contributed by atoms with E-state index in [0.29, 0.717) is 31.3 Å². The normalized spacial score (nSPS) is 30.0. The van der Waals surface area contributed by atoms with E-state index in [0.717, 1.165) is 6.42 Å². The predicted molar refractivity (Wildman–Crippen MR) is 83.8 cm³/mol. The molecule has 0 aromatic rings. The van der Waals surface area contributed by atoms with Gasteiger partial charge >= 0.3 is 0 Å². The maximum absolute atomic E-state index is 13.0. The summed E-state index contributed by atoms with van der Waals surface area (Å²) in [5.74, 6) is 0.740. The van der Waals surface area contributed by atoms with E-state index >= 15 is 0 Å². The lowest BCUT2D eigenvalue weighted by Crippen LogP contribution is -2.57. The molecule has 21 heavy (non-hydrogen) atoms. The zero-order valence-electron chi connectivity index (χ0n) is 13.8. The lowest BCUT2D eigenvalue weighted by atomic mass is 9.81. The Balaban J connectivity index is 2.21. The minimum Gasteiger partial charge on any atom is -0.342 e. The van der Waals surface area contributed by atoms with Crippen molar-refractivity contribution < 1.29 is 9.59 Å². The van der Waals surface area contributed by atoms with Crippen molar-refractivity contribution in [3.05, 3.63) is 0 Å². The molecule has 1 saturated heterocycles. The maximum Gasteiger partial charge on any atom is 0.248 e. The molecule has 0 aromatic carbocycles. The Hall–Kier alpha value is -1.06. The van der Waals surface area contributed by atoms with E-state index in [4.69, 9.17) is 0 Å². The van der Waals surface area contributed by atoms with E-state index in [1.54, 1.807) is 0 Å². The Morgan fingerprint density at radius 2 is 1.90 bits per heavy atom. The zero-order chi connectivity index (χ0) is 15.5. The third-order valence-corrected chi connectivity index (χ3v) is 5.45. The molecule has 0 spiro atoms. The van der Waals surface area contributed by atoms with Crippen LogP contribution in [0.2, 0.25) is 0 Å². The van der Waals surface area contributed by atoms with Crippen molar-refractivity contribution in [1.29, 1.82) is 0 Å². The number of nitrogens with one attached hydrogen (secondary N) is 1. The van der Waals surface area contributed by atoms with Crippen molar-refractivity contribution >= 4 is 11.8 Å². The van der Waals surface area contributed by atoms with Crippen LogP contribution in [0.25, 0.3) is 0 Å². The van der Waals surface area contributed by atoms with Gasteiger partial charge in [-0.15, -0.1) is 0 Å². The van der Waals surface area contributed by atoms with Gasteiger partial charge in [0.1, 0.15) is 5.54 Å². The molecule has 2 atom stereocenters. The minimum atomic E-state index is -0.727. The summed E-state index contributed by atoms with van der Waals surface area (Å²) in [7, 11) is 0. The number of hydrogen-bond acceptors (Lipinski definition) is 2. The Bertz CT molecular complexity index is 390. The molecule has 1 aliphatic heterocycles. The van der Waals surface area contributed by atoms with Gasteiger partial charge in [0.25, 0.3) is 0 Å². The van der Waals surface area contributed by atoms with Crippen molar-refractivity contribution in [2.45, 2.75) is 83.7 Å². The summed E-state index contributed by atoms with van der Waals surface area (Å²) >= 11 is 0. The van der Waals surface area contributed by atoms with Gasteiger partial charge in [0, 0.05) is 19.0 Å². The van der Waals surface area contributed by atoms with Crippen molar-refractivity contribution in [3.8, 4) is 0 Å². The van der Waals surface area contributed by atoms with E-state index in [9.17, 15) is 9.59 Å². The molecule has 2 amide bonds. The third kappa shape index (κ3) is 3.41. The van der Waals surface area contributed by atoms with Crippen LogP contribution in [0, 0.1) is 5.92 Å². The van der Waals surface area contributed by atoms with Crippen LogP contribution >= 0.6 is 0 Å². The number of carbonyl (C=O) groups excluding carboxylic acids is 2. The van der Waals surface area contributed by atoms with E-state index in [1.165, 1.54) is 32.1 Å². The molecule has 4 nitrogen and oxygen atoms in total. The number of hydrogen-bond donors (Lipinski definition) is 1. The summed E-state index contributed by atoms with van der Waals surface area (Å²) in [4.78, 5) is 27.0. The third-order valence-electron chi connectivity index (χ3n) is 5.45. The molecule has 1 heterocycles. The number of carbonyl (C=O) groups is 2. The second kappa shape index (κ2) is 6.80. The molecule has 0 aromatic heterocycles. The van der Waals surface area contributed by atoms with Crippen LogP contribution in [0.5, 0.6) is 0 Å². The predicted octanol–water partition coefficient (Wildman–Crippen LogP) is 2.86. The van der Waals surface area contributed by atoms with Crippen molar-refractivity contribution in [2.24, 2.45) is 5.92 Å². The Morgan fingerprint density at radius 1 is 1.24 bits per heavy atom. The van der Waals surface area contributed by atoms with Crippen LogP contribution in [-0.4, -0.2) is 34.8 Å². The summed E-state index contributed by atoms with van der Waals surface area (Å²) in [5.41, 5.74) is -0.727. The molecule has 1 N–H and O–H groups in total. The maximum atomic E-state index is 13.0. The van der Waals surface area contributed by atoms with Gasteiger partial charge < -0.3 is 10.2 Å². The summed E-state index contributed by atoms with van der Waals surface area (Å²) < 4.78 is 0. The monoisotopic (exact) mass is 294 g/mol. The van der Waals surface area contributed by atoms with Gasteiger partial charge in [-0.3, -0.25) is 9.59 Å². The average Bonchev–Trinajstić information content (AvgIpc) is 2.61. The van der Waals surface area contributed by atoms with Crippen LogP contribution in [0.1, 0.15) is 72.1 Å². The van der Waals surface area contributed by atoms with E-state index in [2.05, 4.69) is 12.2 Å². The topological polar surface area (TPSA) is 49.4 Å². The Kier molecular flexibility index (Phi) is 5.28. The van der Waals surface area contributed by atoms with Gasteiger partial charge in [-0.05, 0) is 38.5 Å². The lowest BCUT2D eigenvalue weighted by molar-refractivity contribution is -0.141. The van der Waals surface area contributed by atoms with Crippen molar-refractivity contribution in [1.82, 2.24) is 10.2 Å². The summed E-state index contributed by atoms with van der Waals surface area (Å²) in [6, 6.07) is 0.302. The molecule has 0 bridgehead atoms. The standard InChI is InChI=1S/C17H30N2O2/c1-4-14(13-9-7-6-8-10-13)19-12-11-15(20)18-17(3,5-2)16(19)21/h13-14H,4-12H2,1-3H3,(H,18,20). The molecule has 2 unspecified atom stereocenters. The Labute approximate surface area is 128 Å². The smallest absolute Gasteiger partial charge is 0.248 e. The fraction of sp³-hybridized carbons (Fsp3) is 0.882. The largest absolute Gasteiger partial charge is 0.342 e. The number of rotatable bonds is 4. The van der Waals surface area contributed by atoms with Crippen LogP contribution in [0.3, 0.4) is 0 Å². The summed E-state index contributed by atoms with van der Waals surface area (Å²) in [6.45, 7) is 6.60. The van der Waals surface area contributed by atoms with E-state index in [-0.39, 0.29) is 11.8 Å². The van der Waals surface area contributed by atoms with Crippen molar-refractivity contribution in [3.63, 3.8) is 0 Å². The SMILES string of the molecule is CCC(C1CCCCC1)N1CCC(=O)NC(C)(CC)C1=O. The summed E-state index contributed by atoms with van der Waals surface area (Å²) in [5, 5.41) is 2.94. The molecule has 4 heteroatoms. The molecule has 2 fully saturated rings. The van der Waals surface area contributed by atoms with Crippen LogP contribution in [-0.2, 0) is 9.59 Å². The number of nitrogens with zero attached hydrogens (tertiary/aromatic N) is 1. The quantitative estimate of drug-likeness (QED) is 0.866. The molecule has 2 rings (SSSR count). The highest BCUT2D eigenvalue weighted by atomic mass is 16.2. The number of amides is 2. The van der Waals surface area contributed by atoms with Crippen molar-refractivity contribution in [2.75, 3.05) is 6.54 Å². The van der Waals surface area contributed by atoms with Crippen LogP contribution in [0.15, 0.2) is 0 Å². The highest BCUT2D eigenvalue weighted by molar-refractivity contribution is 5.93. The second-order valence-electron chi connectivity index (χ2n) is 6.86. The summed E-state index contributed by atoms with van der Waals surface area (Å²) in [6.07, 6.45) is 8.42. The fourth-order valence-electron chi connectivity index (χ4n) is 3.95. The van der Waals surface area contributed by atoms with E-state index in [1.807, 2.05) is 18.7 Å². The lowest BCUT2D eigenvalue weighted by Gasteiger charge is -2.41. The molecule has 1 saturated carbocycles. The molecule has 1 aliphatic carbocycles. The van der Waals surface area contributed by atoms with Gasteiger partial charge in [0.15, 0.2) is 0 Å². The zero-order valence-corrected chi connectivity index (χ0v) is 13.8. The highest BCUT2D eigenvalue weighted by Gasteiger charge is 2.42. The first kappa shape index (κ1) is 16.3. The van der Waals surface area contributed by atoms with Crippen LogP contribution < -0.4 is 5.32 Å². The molecule has 0 radical (unpaired) electrons. The first-order valence-electron chi connectivity index (χ1n) is 8.64. The first-order valence-corrected chi connectivity index (χ1v) is 8.64. The first-order chi connectivity index (χ1) is 10.0. The molecular weight excluding hydrogens is 264 g/mol. The molecule has 2 aliphatic rings. The van der Waals surface area contributed by atoms with Crippen LogP contribution in [0.4, 0.5) is 0 Å². The van der Waals surface area contributed by atoms with Gasteiger partial charge in [-0.1, -0.05) is 33.1 Å². The van der Waals surface area contributed by atoms with Gasteiger partial charge in [-0.2, -0.15) is 0 Å². The van der Waals surface area contributed by atoms with Gasteiger partial charge in [0.05, 0.1) is 0 Å². The molecule has 120 valence electrons. The fourth-order valence-corrected chi connectivity index (χ4v) is 3.95. The van der Waals surface area contributed by atoms with Gasteiger partial charge in [0.2, 0.25) is 11.8 Å². The highest BCUT2D eigenvalue weighted by Crippen LogP contribution is 2.32. The average molecular weight is 294 g/mol. The minimum absolute atomic E-state index is 0.00805. The Morgan fingerprint density at radius 3 is 2.48 bits per heavy atom. The molecular formula is C17H30N2O2. The second-order valence-corrected chi connectivity index (χ2v) is 6.86.